The third kappa shape index (κ3) is 6.04. The van der Waals surface area contributed by atoms with Crippen molar-refractivity contribution in [3.05, 3.63) is 83.0 Å². The zero-order valence-electron chi connectivity index (χ0n) is 16.0. The van der Waals surface area contributed by atoms with Gasteiger partial charge in [0.25, 0.3) is 0 Å². The average molecular weight is 425 g/mol. The molecule has 2 heterocycles. The Morgan fingerprint density at radius 2 is 2.17 bits per heavy atom. The van der Waals surface area contributed by atoms with Crippen LogP contribution < -0.4 is 10.1 Å². The largest absolute Gasteiger partial charge is 0.490 e. The highest BCUT2D eigenvalue weighted by molar-refractivity contribution is 7.16. The van der Waals surface area contributed by atoms with E-state index in [1.807, 2.05) is 37.3 Å². The second kappa shape index (κ2) is 10.0. The van der Waals surface area contributed by atoms with Crippen LogP contribution in [-0.2, 0) is 4.79 Å². The van der Waals surface area contributed by atoms with Crippen molar-refractivity contribution in [2.75, 3.05) is 13.2 Å². The lowest BCUT2D eigenvalue weighted by molar-refractivity contribution is -0.116. The van der Waals surface area contributed by atoms with Gasteiger partial charge in [0.15, 0.2) is 0 Å². The summed E-state index contributed by atoms with van der Waals surface area (Å²) in [5.41, 5.74) is 2.95. The fourth-order valence-electron chi connectivity index (χ4n) is 2.53. The number of hydrogen-bond donors (Lipinski definition) is 1. The molecule has 0 saturated heterocycles. The Morgan fingerprint density at radius 1 is 1.31 bits per heavy atom. The number of benzene rings is 1. The first-order chi connectivity index (χ1) is 14.0. The van der Waals surface area contributed by atoms with Crippen LogP contribution in [-0.4, -0.2) is 24.0 Å². The highest BCUT2D eigenvalue weighted by Crippen LogP contribution is 2.35. The highest BCUT2D eigenvalue weighted by Gasteiger charge is 2.08. The van der Waals surface area contributed by atoms with E-state index < -0.39 is 0 Å². The normalized spacial score (nSPS) is 10.8. The number of ether oxygens (including phenoxy) is 1. The summed E-state index contributed by atoms with van der Waals surface area (Å²) < 4.78 is 5.69. The van der Waals surface area contributed by atoms with Crippen LogP contribution in [0.2, 0.25) is 5.02 Å². The maximum atomic E-state index is 11.8. The number of nitrogens with zero attached hydrogens (tertiary/aromatic N) is 1. The minimum absolute atomic E-state index is 0.190. The molecule has 0 fully saturated rings. The number of thiophene rings is 1. The summed E-state index contributed by atoms with van der Waals surface area (Å²) in [5.74, 6) is 0.400. The SMILES string of the molecule is C=C(C)c1ccc(-c2ccc(OCCNC(=O)C=Cc3cccnc3)c(Cl)c2)s1. The predicted octanol–water partition coefficient (Wildman–Crippen LogP) is 5.71. The number of pyridine rings is 1. The van der Waals surface area contributed by atoms with E-state index in [1.54, 1.807) is 29.8 Å². The van der Waals surface area contributed by atoms with Crippen LogP contribution in [0, 0.1) is 0 Å². The molecule has 0 spiro atoms. The van der Waals surface area contributed by atoms with Crippen LogP contribution in [0.15, 0.2) is 67.5 Å². The summed E-state index contributed by atoms with van der Waals surface area (Å²) in [7, 11) is 0. The highest BCUT2D eigenvalue weighted by atomic mass is 35.5. The lowest BCUT2D eigenvalue weighted by atomic mass is 10.2. The van der Waals surface area contributed by atoms with Gasteiger partial charge in [0, 0.05) is 28.2 Å². The van der Waals surface area contributed by atoms with Crippen LogP contribution in [0.25, 0.3) is 22.1 Å². The molecule has 0 aliphatic rings. The summed E-state index contributed by atoms with van der Waals surface area (Å²) >= 11 is 8.04. The second-order valence-corrected chi connectivity index (χ2v) is 7.84. The number of carbonyl (C=O) groups is 1. The molecule has 1 aromatic carbocycles. The number of amides is 1. The van der Waals surface area contributed by atoms with E-state index in [2.05, 4.69) is 29.0 Å². The lowest BCUT2D eigenvalue weighted by Gasteiger charge is -2.09. The number of rotatable bonds is 8. The van der Waals surface area contributed by atoms with E-state index in [-0.39, 0.29) is 5.91 Å². The van der Waals surface area contributed by atoms with E-state index in [1.165, 1.54) is 6.08 Å². The molecule has 3 rings (SSSR count). The van der Waals surface area contributed by atoms with Gasteiger partial charge in [-0.15, -0.1) is 11.3 Å². The van der Waals surface area contributed by atoms with Crippen molar-refractivity contribution in [1.82, 2.24) is 10.3 Å². The van der Waals surface area contributed by atoms with Gasteiger partial charge in [-0.05, 0) is 66.1 Å². The second-order valence-electron chi connectivity index (χ2n) is 6.35. The Hall–Kier alpha value is -2.89. The Bertz CT molecular complexity index is 1030. The predicted molar refractivity (Wildman–Crippen MR) is 121 cm³/mol. The smallest absolute Gasteiger partial charge is 0.244 e. The summed E-state index contributed by atoms with van der Waals surface area (Å²) in [5, 5.41) is 3.31. The van der Waals surface area contributed by atoms with Gasteiger partial charge in [0.05, 0.1) is 11.6 Å². The Balaban J connectivity index is 1.48. The van der Waals surface area contributed by atoms with Gasteiger partial charge in [-0.2, -0.15) is 0 Å². The molecule has 29 heavy (non-hydrogen) atoms. The van der Waals surface area contributed by atoms with Gasteiger partial charge in [-0.25, -0.2) is 0 Å². The summed E-state index contributed by atoms with van der Waals surface area (Å²) in [6.45, 7) is 6.67. The van der Waals surface area contributed by atoms with Crippen molar-refractivity contribution in [3.63, 3.8) is 0 Å². The molecule has 6 heteroatoms. The van der Waals surface area contributed by atoms with Crippen molar-refractivity contribution in [1.29, 1.82) is 0 Å². The molecule has 0 aliphatic carbocycles. The van der Waals surface area contributed by atoms with Crippen LogP contribution in [0.5, 0.6) is 5.75 Å². The molecule has 0 unspecified atom stereocenters. The molecule has 0 radical (unpaired) electrons. The maximum absolute atomic E-state index is 11.8. The fraction of sp³-hybridized carbons (Fsp3) is 0.130. The van der Waals surface area contributed by atoms with Crippen LogP contribution in [0.1, 0.15) is 17.4 Å². The first-order valence-corrected chi connectivity index (χ1v) is 10.3. The van der Waals surface area contributed by atoms with Crippen molar-refractivity contribution >= 4 is 40.5 Å². The van der Waals surface area contributed by atoms with Crippen molar-refractivity contribution < 1.29 is 9.53 Å². The van der Waals surface area contributed by atoms with E-state index in [9.17, 15) is 4.79 Å². The van der Waals surface area contributed by atoms with E-state index in [0.717, 1.165) is 26.5 Å². The van der Waals surface area contributed by atoms with Gasteiger partial charge in [0.2, 0.25) is 5.91 Å². The minimum Gasteiger partial charge on any atom is -0.490 e. The van der Waals surface area contributed by atoms with Gasteiger partial charge >= 0.3 is 0 Å². The number of carbonyl (C=O) groups excluding carboxylic acids is 1. The van der Waals surface area contributed by atoms with Gasteiger partial charge in [-0.3, -0.25) is 9.78 Å². The monoisotopic (exact) mass is 424 g/mol. The first kappa shape index (κ1) is 20.8. The van der Waals surface area contributed by atoms with Gasteiger partial charge < -0.3 is 10.1 Å². The third-order valence-corrected chi connectivity index (χ3v) is 5.60. The van der Waals surface area contributed by atoms with Crippen LogP contribution in [0.4, 0.5) is 0 Å². The molecule has 2 aromatic heterocycles. The van der Waals surface area contributed by atoms with Crippen LogP contribution in [0.3, 0.4) is 0 Å². The summed E-state index contributed by atoms with van der Waals surface area (Å²) in [4.78, 5) is 18.1. The maximum Gasteiger partial charge on any atom is 0.244 e. The zero-order valence-corrected chi connectivity index (χ0v) is 17.6. The Kier molecular flexibility index (Phi) is 7.22. The molecule has 3 aromatic rings. The molecule has 0 atom stereocenters. The Morgan fingerprint density at radius 3 is 2.86 bits per heavy atom. The Labute approximate surface area is 179 Å². The molecule has 0 aliphatic heterocycles. The minimum atomic E-state index is -0.190. The molecule has 1 N–H and O–H groups in total. The first-order valence-electron chi connectivity index (χ1n) is 9.07. The fourth-order valence-corrected chi connectivity index (χ4v) is 3.70. The summed E-state index contributed by atoms with van der Waals surface area (Å²) in [6, 6.07) is 13.5. The standard InChI is InChI=1S/C23H21ClN2O2S/c1-16(2)21-8-9-22(29-21)18-6-7-20(19(24)14-18)28-13-12-26-23(27)10-5-17-4-3-11-25-15-17/h3-11,14-15H,1,12-13H2,2H3,(H,26,27). The van der Waals surface area contributed by atoms with Crippen molar-refractivity contribution in [2.45, 2.75) is 6.92 Å². The third-order valence-electron chi connectivity index (χ3n) is 4.01. The van der Waals surface area contributed by atoms with Crippen molar-refractivity contribution in [2.24, 2.45) is 0 Å². The number of halogens is 1. The van der Waals surface area contributed by atoms with Gasteiger partial charge in [0.1, 0.15) is 12.4 Å². The number of hydrogen-bond acceptors (Lipinski definition) is 4. The van der Waals surface area contributed by atoms with Crippen LogP contribution >= 0.6 is 22.9 Å². The quantitative estimate of drug-likeness (QED) is 0.372. The summed E-state index contributed by atoms with van der Waals surface area (Å²) in [6.07, 6.45) is 6.56. The average Bonchev–Trinajstić information content (AvgIpc) is 3.22. The topological polar surface area (TPSA) is 51.2 Å². The number of nitrogens with one attached hydrogen (secondary N) is 1. The molecule has 4 nitrogen and oxygen atoms in total. The molecule has 148 valence electrons. The number of allylic oxidation sites excluding steroid dienone is 1. The number of aromatic nitrogens is 1. The van der Waals surface area contributed by atoms with Crippen molar-refractivity contribution in [3.8, 4) is 16.2 Å². The molecular formula is C23H21ClN2O2S. The van der Waals surface area contributed by atoms with E-state index in [0.29, 0.717) is 23.9 Å². The molecule has 0 saturated carbocycles. The van der Waals surface area contributed by atoms with E-state index >= 15 is 0 Å². The molecular weight excluding hydrogens is 404 g/mol. The molecule has 1 amide bonds. The van der Waals surface area contributed by atoms with Gasteiger partial charge in [-0.1, -0.05) is 24.2 Å². The molecule has 0 bridgehead atoms. The van der Waals surface area contributed by atoms with E-state index in [4.69, 9.17) is 16.3 Å². The lowest BCUT2D eigenvalue weighted by Crippen LogP contribution is -2.26. The zero-order chi connectivity index (χ0) is 20.6.